The Morgan fingerprint density at radius 1 is 1.45 bits per heavy atom. The van der Waals surface area contributed by atoms with Gasteiger partial charge in [0.25, 0.3) is 0 Å². The van der Waals surface area contributed by atoms with Crippen LogP contribution in [-0.4, -0.2) is 47.1 Å². The number of nitrogens with two attached hydrogens (primary N) is 1. The molecule has 0 atom stereocenters. The highest BCUT2D eigenvalue weighted by molar-refractivity contribution is 7.80. The summed E-state index contributed by atoms with van der Waals surface area (Å²) in [7, 11) is 0. The molecule has 0 fully saturated rings. The molecule has 0 aliphatic rings. The van der Waals surface area contributed by atoms with Gasteiger partial charge < -0.3 is 16.2 Å². The molecular formula is C14H21N3O2S. The van der Waals surface area contributed by atoms with Gasteiger partial charge in [-0.2, -0.15) is 0 Å². The molecule has 0 unspecified atom stereocenters. The Kier molecular flexibility index (Phi) is 7.14. The Balaban J connectivity index is 2.64. The van der Waals surface area contributed by atoms with Gasteiger partial charge in [-0.15, -0.1) is 0 Å². The molecule has 1 amide bonds. The van der Waals surface area contributed by atoms with Crippen molar-refractivity contribution in [1.82, 2.24) is 4.90 Å². The number of rotatable bonds is 8. The fourth-order valence-electron chi connectivity index (χ4n) is 1.84. The van der Waals surface area contributed by atoms with Crippen LogP contribution in [-0.2, 0) is 4.79 Å². The monoisotopic (exact) mass is 295 g/mol. The van der Waals surface area contributed by atoms with Crippen molar-refractivity contribution < 1.29 is 9.90 Å². The summed E-state index contributed by atoms with van der Waals surface area (Å²) in [5.74, 6) is -0.117. The number of para-hydroxylation sites is 1. The first-order valence-corrected chi connectivity index (χ1v) is 7.01. The summed E-state index contributed by atoms with van der Waals surface area (Å²) in [5.41, 5.74) is 6.91. The molecule has 1 aromatic carbocycles. The topological polar surface area (TPSA) is 78.6 Å². The van der Waals surface area contributed by atoms with E-state index in [9.17, 15) is 4.79 Å². The van der Waals surface area contributed by atoms with Crippen LogP contribution in [0.1, 0.15) is 18.9 Å². The maximum absolute atomic E-state index is 12.0. The van der Waals surface area contributed by atoms with Gasteiger partial charge in [-0.3, -0.25) is 9.69 Å². The first-order chi connectivity index (χ1) is 9.58. The fraction of sp³-hybridized carbons (Fsp3) is 0.429. The largest absolute Gasteiger partial charge is 0.396 e. The molecule has 20 heavy (non-hydrogen) atoms. The molecule has 0 heterocycles. The molecule has 1 rings (SSSR count). The second-order valence-corrected chi connectivity index (χ2v) is 4.84. The lowest BCUT2D eigenvalue weighted by Gasteiger charge is -2.19. The molecule has 0 saturated carbocycles. The molecule has 0 aliphatic carbocycles. The normalized spacial score (nSPS) is 10.6. The van der Waals surface area contributed by atoms with E-state index in [0.29, 0.717) is 24.2 Å². The van der Waals surface area contributed by atoms with E-state index in [1.54, 1.807) is 12.1 Å². The van der Waals surface area contributed by atoms with Crippen LogP contribution >= 0.6 is 12.2 Å². The van der Waals surface area contributed by atoms with E-state index in [0.717, 1.165) is 6.54 Å². The van der Waals surface area contributed by atoms with Crippen LogP contribution in [0, 0.1) is 0 Å². The van der Waals surface area contributed by atoms with Crippen LogP contribution in [0.3, 0.4) is 0 Å². The Labute approximate surface area is 124 Å². The molecule has 0 aliphatic heterocycles. The van der Waals surface area contributed by atoms with E-state index in [2.05, 4.69) is 5.32 Å². The Morgan fingerprint density at radius 3 is 2.75 bits per heavy atom. The molecule has 0 spiro atoms. The van der Waals surface area contributed by atoms with Gasteiger partial charge in [0.1, 0.15) is 4.99 Å². The van der Waals surface area contributed by atoms with Gasteiger partial charge >= 0.3 is 0 Å². The Hall–Kier alpha value is -1.50. The summed E-state index contributed by atoms with van der Waals surface area (Å²) in [6.45, 7) is 3.83. The summed E-state index contributed by atoms with van der Waals surface area (Å²) in [5, 5.41) is 11.6. The molecule has 0 bridgehead atoms. The van der Waals surface area contributed by atoms with Crippen molar-refractivity contribution in [3.63, 3.8) is 0 Å². The van der Waals surface area contributed by atoms with Gasteiger partial charge in [-0.1, -0.05) is 31.3 Å². The summed E-state index contributed by atoms with van der Waals surface area (Å²) in [6, 6.07) is 7.20. The first-order valence-electron chi connectivity index (χ1n) is 6.60. The maximum Gasteiger partial charge on any atom is 0.238 e. The second-order valence-electron chi connectivity index (χ2n) is 4.40. The predicted molar refractivity (Wildman–Crippen MR) is 84.8 cm³/mol. The minimum atomic E-state index is -0.117. The van der Waals surface area contributed by atoms with Crippen LogP contribution in [0.5, 0.6) is 0 Å². The number of likely N-dealkylation sites (N-methyl/N-ethyl adjacent to an activating group) is 1. The summed E-state index contributed by atoms with van der Waals surface area (Å²) in [4.78, 5) is 14.2. The van der Waals surface area contributed by atoms with Crippen LogP contribution in [0.25, 0.3) is 0 Å². The quantitative estimate of drug-likeness (QED) is 0.623. The van der Waals surface area contributed by atoms with E-state index >= 15 is 0 Å². The zero-order valence-corrected chi connectivity index (χ0v) is 12.4. The fourth-order valence-corrected chi connectivity index (χ4v) is 2.02. The van der Waals surface area contributed by atoms with Crippen LogP contribution in [0.2, 0.25) is 0 Å². The number of nitrogens with zero attached hydrogens (tertiary/aromatic N) is 1. The van der Waals surface area contributed by atoms with E-state index in [4.69, 9.17) is 23.1 Å². The van der Waals surface area contributed by atoms with Crippen molar-refractivity contribution in [2.24, 2.45) is 5.73 Å². The zero-order chi connectivity index (χ0) is 15.0. The minimum Gasteiger partial charge on any atom is -0.396 e. The average Bonchev–Trinajstić information content (AvgIpc) is 2.43. The minimum absolute atomic E-state index is 0.117. The van der Waals surface area contributed by atoms with Gasteiger partial charge in [0.05, 0.1) is 12.2 Å². The standard InChI is InChI=1S/C14H21N3O2S/c1-2-17(8-5-9-18)10-13(19)16-12-7-4-3-6-11(12)14(15)20/h3-4,6-7,18H,2,5,8-10H2,1H3,(H2,15,20)(H,16,19). The van der Waals surface area contributed by atoms with E-state index in [1.807, 2.05) is 24.0 Å². The van der Waals surface area contributed by atoms with Crippen molar-refractivity contribution in [2.45, 2.75) is 13.3 Å². The Morgan fingerprint density at radius 2 is 2.15 bits per heavy atom. The van der Waals surface area contributed by atoms with E-state index in [1.165, 1.54) is 0 Å². The molecule has 5 nitrogen and oxygen atoms in total. The molecular weight excluding hydrogens is 274 g/mol. The number of carbonyl (C=O) groups excluding carboxylic acids is 1. The number of amides is 1. The molecule has 0 aromatic heterocycles. The maximum atomic E-state index is 12.0. The summed E-state index contributed by atoms with van der Waals surface area (Å²) in [6.07, 6.45) is 0.657. The van der Waals surface area contributed by atoms with Gasteiger partial charge in [0.2, 0.25) is 5.91 Å². The van der Waals surface area contributed by atoms with Crippen LogP contribution < -0.4 is 11.1 Å². The third-order valence-electron chi connectivity index (χ3n) is 2.91. The number of carbonyl (C=O) groups is 1. The van der Waals surface area contributed by atoms with Gasteiger partial charge in [0.15, 0.2) is 0 Å². The van der Waals surface area contributed by atoms with Crippen LogP contribution in [0.15, 0.2) is 24.3 Å². The molecule has 110 valence electrons. The van der Waals surface area contributed by atoms with Crippen molar-refractivity contribution in [3.05, 3.63) is 29.8 Å². The van der Waals surface area contributed by atoms with E-state index < -0.39 is 0 Å². The zero-order valence-electron chi connectivity index (χ0n) is 11.6. The lowest BCUT2D eigenvalue weighted by Crippen LogP contribution is -2.34. The second kappa shape index (κ2) is 8.63. The summed E-state index contributed by atoms with van der Waals surface area (Å²) < 4.78 is 0. The van der Waals surface area contributed by atoms with E-state index in [-0.39, 0.29) is 24.0 Å². The number of aliphatic hydroxyl groups is 1. The first kappa shape index (κ1) is 16.6. The lowest BCUT2D eigenvalue weighted by molar-refractivity contribution is -0.117. The number of nitrogens with one attached hydrogen (secondary N) is 1. The predicted octanol–water partition coefficient (Wildman–Crippen LogP) is 0.964. The molecule has 0 saturated heterocycles. The number of thiocarbonyl (C=S) groups is 1. The van der Waals surface area contributed by atoms with Gasteiger partial charge in [-0.05, 0) is 25.1 Å². The van der Waals surface area contributed by atoms with Gasteiger partial charge in [0, 0.05) is 18.7 Å². The molecule has 4 N–H and O–H groups in total. The number of hydrogen-bond acceptors (Lipinski definition) is 4. The number of aliphatic hydroxyl groups excluding tert-OH is 1. The molecule has 0 radical (unpaired) electrons. The number of anilines is 1. The highest BCUT2D eigenvalue weighted by atomic mass is 32.1. The van der Waals surface area contributed by atoms with Crippen molar-refractivity contribution in [1.29, 1.82) is 0 Å². The SMILES string of the molecule is CCN(CCCO)CC(=O)Nc1ccccc1C(N)=S. The van der Waals surface area contributed by atoms with Crippen molar-refractivity contribution in [3.8, 4) is 0 Å². The van der Waals surface area contributed by atoms with Crippen LogP contribution in [0.4, 0.5) is 5.69 Å². The Bertz CT molecular complexity index is 465. The van der Waals surface area contributed by atoms with Crippen molar-refractivity contribution in [2.75, 3.05) is 31.6 Å². The highest BCUT2D eigenvalue weighted by Crippen LogP contribution is 2.14. The average molecular weight is 295 g/mol. The van der Waals surface area contributed by atoms with Crippen molar-refractivity contribution >= 4 is 28.8 Å². The highest BCUT2D eigenvalue weighted by Gasteiger charge is 2.11. The van der Waals surface area contributed by atoms with Gasteiger partial charge in [-0.25, -0.2) is 0 Å². The summed E-state index contributed by atoms with van der Waals surface area (Å²) >= 11 is 4.96. The number of hydrogen-bond donors (Lipinski definition) is 3. The molecule has 1 aromatic rings. The third kappa shape index (κ3) is 5.24. The third-order valence-corrected chi connectivity index (χ3v) is 3.13. The number of benzene rings is 1. The molecule has 6 heteroatoms. The lowest BCUT2D eigenvalue weighted by atomic mass is 10.2. The smallest absolute Gasteiger partial charge is 0.238 e.